The molecule has 0 aromatic carbocycles. The van der Waals surface area contributed by atoms with Crippen LogP contribution in [0, 0.1) is 0 Å². The molecule has 0 saturated heterocycles. The highest BCUT2D eigenvalue weighted by molar-refractivity contribution is 5.92. The van der Waals surface area contributed by atoms with Gasteiger partial charge in [-0.1, -0.05) is 0 Å². The molecule has 0 spiro atoms. The molecule has 0 aliphatic rings. The second kappa shape index (κ2) is 13.0. The molecule has 14 heteroatoms. The number of rotatable bonds is 12. The number of amides is 5. The van der Waals surface area contributed by atoms with Gasteiger partial charge in [0, 0.05) is 0 Å². The normalized spacial score (nSPS) is 12.1. The van der Waals surface area contributed by atoms with Gasteiger partial charge >= 0.3 is 5.97 Å². The summed E-state index contributed by atoms with van der Waals surface area (Å²) in [6.45, 7) is -1.23. The van der Waals surface area contributed by atoms with Crippen LogP contribution in [0.5, 0.6) is 0 Å². The SMILES string of the molecule is C[C@@H](O)[C@H](NC(=O)CN)C(=O)NCC(=O)NCC(=O)NCC(=O)NCC(=O)O. The third-order valence-corrected chi connectivity index (χ3v) is 3.02. The largest absolute Gasteiger partial charge is 0.480 e. The van der Waals surface area contributed by atoms with Crippen LogP contribution in [0.3, 0.4) is 0 Å². The van der Waals surface area contributed by atoms with Gasteiger partial charge in [0.15, 0.2) is 0 Å². The fourth-order valence-corrected chi connectivity index (χ4v) is 1.63. The minimum absolute atomic E-state index is 0.388. The Bertz CT molecular complexity index is 609. The first-order valence-corrected chi connectivity index (χ1v) is 8.03. The smallest absolute Gasteiger partial charge is 0.322 e. The van der Waals surface area contributed by atoms with Gasteiger partial charge in [-0.25, -0.2) is 0 Å². The van der Waals surface area contributed by atoms with Crippen LogP contribution >= 0.6 is 0 Å². The van der Waals surface area contributed by atoms with E-state index in [1.54, 1.807) is 0 Å². The maximum atomic E-state index is 11.9. The van der Waals surface area contributed by atoms with Gasteiger partial charge in [-0.05, 0) is 6.92 Å². The average molecular weight is 404 g/mol. The van der Waals surface area contributed by atoms with Crippen molar-refractivity contribution in [1.82, 2.24) is 26.6 Å². The van der Waals surface area contributed by atoms with Crippen molar-refractivity contribution < 1.29 is 39.0 Å². The van der Waals surface area contributed by atoms with E-state index >= 15 is 0 Å². The van der Waals surface area contributed by atoms with E-state index in [1.807, 2.05) is 5.32 Å². The summed E-state index contributed by atoms with van der Waals surface area (Å²) in [6.07, 6.45) is -1.24. The van der Waals surface area contributed by atoms with Gasteiger partial charge in [-0.2, -0.15) is 0 Å². The fourth-order valence-electron chi connectivity index (χ4n) is 1.63. The van der Waals surface area contributed by atoms with Gasteiger partial charge in [0.1, 0.15) is 12.6 Å². The van der Waals surface area contributed by atoms with Gasteiger partial charge in [0.25, 0.3) is 0 Å². The Morgan fingerprint density at radius 1 is 0.786 bits per heavy atom. The third-order valence-electron chi connectivity index (χ3n) is 3.02. The molecule has 0 unspecified atom stereocenters. The highest BCUT2D eigenvalue weighted by Gasteiger charge is 2.25. The molecule has 28 heavy (non-hydrogen) atoms. The van der Waals surface area contributed by atoms with E-state index in [2.05, 4.69) is 21.3 Å². The Morgan fingerprint density at radius 2 is 1.21 bits per heavy atom. The molecule has 0 aliphatic heterocycles. The summed E-state index contributed by atoms with van der Waals surface area (Å²) in [5, 5.41) is 28.6. The summed E-state index contributed by atoms with van der Waals surface area (Å²) in [4.78, 5) is 67.7. The van der Waals surface area contributed by atoms with Gasteiger partial charge in [0.2, 0.25) is 29.5 Å². The molecule has 0 fully saturated rings. The van der Waals surface area contributed by atoms with Gasteiger partial charge < -0.3 is 42.5 Å². The van der Waals surface area contributed by atoms with Crippen LogP contribution in [0.15, 0.2) is 0 Å². The Labute approximate surface area is 159 Å². The van der Waals surface area contributed by atoms with Crippen molar-refractivity contribution in [2.24, 2.45) is 5.73 Å². The first-order chi connectivity index (χ1) is 13.1. The number of aliphatic hydroxyl groups excluding tert-OH is 1. The predicted octanol–water partition coefficient (Wildman–Crippen LogP) is -5.64. The number of nitrogens with one attached hydrogen (secondary N) is 5. The van der Waals surface area contributed by atoms with Crippen molar-refractivity contribution in [3.63, 3.8) is 0 Å². The van der Waals surface area contributed by atoms with Crippen LogP contribution in [0.4, 0.5) is 0 Å². The van der Waals surface area contributed by atoms with Gasteiger partial charge in [-0.15, -0.1) is 0 Å². The Balaban J connectivity index is 4.18. The second-order valence-electron chi connectivity index (χ2n) is 5.43. The molecule has 0 saturated carbocycles. The van der Waals surface area contributed by atoms with Gasteiger partial charge in [0.05, 0.1) is 32.3 Å². The van der Waals surface area contributed by atoms with Crippen LogP contribution in [0.2, 0.25) is 0 Å². The molecule has 0 radical (unpaired) electrons. The van der Waals surface area contributed by atoms with E-state index in [0.717, 1.165) is 0 Å². The molecular weight excluding hydrogens is 380 g/mol. The van der Waals surface area contributed by atoms with Crippen molar-refractivity contribution >= 4 is 35.5 Å². The lowest BCUT2D eigenvalue weighted by atomic mass is 10.1. The zero-order valence-electron chi connectivity index (χ0n) is 15.1. The summed E-state index contributed by atoms with van der Waals surface area (Å²) in [5.41, 5.74) is 5.11. The molecule has 9 N–H and O–H groups in total. The number of aliphatic hydroxyl groups is 1. The minimum Gasteiger partial charge on any atom is -0.480 e. The minimum atomic E-state index is -1.31. The first kappa shape index (κ1) is 24.7. The van der Waals surface area contributed by atoms with Crippen molar-refractivity contribution in [3.8, 4) is 0 Å². The molecule has 158 valence electrons. The number of aliphatic carboxylic acids is 1. The van der Waals surface area contributed by atoms with E-state index in [0.29, 0.717) is 0 Å². The van der Waals surface area contributed by atoms with Crippen LogP contribution in [-0.2, 0) is 28.8 Å². The van der Waals surface area contributed by atoms with E-state index in [4.69, 9.17) is 10.8 Å². The summed E-state index contributed by atoms with van der Waals surface area (Å²) in [5.74, 6) is -4.93. The van der Waals surface area contributed by atoms with Crippen LogP contribution in [0.25, 0.3) is 0 Å². The second-order valence-corrected chi connectivity index (χ2v) is 5.43. The number of carboxylic acid groups (broad SMARTS) is 1. The molecule has 5 amide bonds. The van der Waals surface area contributed by atoms with Crippen LogP contribution in [0.1, 0.15) is 6.92 Å². The molecular formula is C14H24N6O8. The monoisotopic (exact) mass is 404 g/mol. The highest BCUT2D eigenvalue weighted by atomic mass is 16.4. The Morgan fingerprint density at radius 3 is 1.61 bits per heavy atom. The van der Waals surface area contributed by atoms with Crippen molar-refractivity contribution in [3.05, 3.63) is 0 Å². The zero-order chi connectivity index (χ0) is 21.7. The summed E-state index contributed by atoms with van der Waals surface area (Å²) in [7, 11) is 0. The van der Waals surface area contributed by atoms with E-state index in [1.165, 1.54) is 6.92 Å². The number of hydrogen-bond acceptors (Lipinski definition) is 8. The first-order valence-electron chi connectivity index (χ1n) is 8.03. The Kier molecular flexibility index (Phi) is 11.5. The average Bonchev–Trinajstić information content (AvgIpc) is 2.64. The summed E-state index contributed by atoms with van der Waals surface area (Å²) >= 11 is 0. The number of carbonyl (C=O) groups excluding carboxylic acids is 5. The number of carbonyl (C=O) groups is 6. The summed E-state index contributed by atoms with van der Waals surface area (Å²) < 4.78 is 0. The molecule has 0 aromatic heterocycles. The van der Waals surface area contributed by atoms with E-state index in [9.17, 15) is 33.9 Å². The lowest BCUT2D eigenvalue weighted by Gasteiger charge is -2.20. The van der Waals surface area contributed by atoms with E-state index < -0.39 is 73.8 Å². The molecule has 0 rings (SSSR count). The highest BCUT2D eigenvalue weighted by Crippen LogP contribution is 1.93. The number of nitrogens with two attached hydrogens (primary N) is 1. The van der Waals surface area contributed by atoms with Gasteiger partial charge in [-0.3, -0.25) is 28.8 Å². The molecule has 0 heterocycles. The lowest BCUT2D eigenvalue weighted by Crippen LogP contribution is -2.55. The number of carboxylic acids is 1. The topological polar surface area (TPSA) is 229 Å². The van der Waals surface area contributed by atoms with Crippen LogP contribution < -0.4 is 32.3 Å². The molecule has 0 aromatic rings. The van der Waals surface area contributed by atoms with Crippen molar-refractivity contribution in [2.45, 2.75) is 19.1 Å². The molecule has 0 aliphatic carbocycles. The standard InChI is InChI=1S/C14H24N6O8/c1-7(21)13(20-8(22)2-15)14(28)19-5-11(25)17-3-9(23)16-4-10(24)18-6-12(26)27/h7,13,21H,2-6,15H2,1H3,(H,16,23)(H,17,25)(H,18,24)(H,19,28)(H,20,22)(H,26,27)/t7-,13+/m1/s1. The van der Waals surface area contributed by atoms with Crippen molar-refractivity contribution in [2.75, 3.05) is 32.7 Å². The molecule has 14 nitrogen and oxygen atoms in total. The van der Waals surface area contributed by atoms with E-state index in [-0.39, 0.29) is 6.54 Å². The Hall–Kier alpha value is -3.26. The molecule has 0 bridgehead atoms. The maximum Gasteiger partial charge on any atom is 0.322 e. The number of hydrogen-bond donors (Lipinski definition) is 8. The predicted molar refractivity (Wildman–Crippen MR) is 92.3 cm³/mol. The van der Waals surface area contributed by atoms with Crippen molar-refractivity contribution in [1.29, 1.82) is 0 Å². The third kappa shape index (κ3) is 11.4. The molecule has 2 atom stereocenters. The maximum absolute atomic E-state index is 11.9. The summed E-state index contributed by atoms with van der Waals surface area (Å²) in [6, 6.07) is -1.31. The fraction of sp³-hybridized carbons (Fsp3) is 0.571. The quantitative estimate of drug-likeness (QED) is 0.155. The zero-order valence-corrected chi connectivity index (χ0v) is 15.1. The lowest BCUT2D eigenvalue weighted by molar-refractivity contribution is -0.137. The van der Waals surface area contributed by atoms with Crippen LogP contribution in [-0.4, -0.2) is 90.6 Å².